The largest absolute Gasteiger partial charge is 0.329 e. The Hall–Kier alpha value is -0.980. The van der Waals surface area contributed by atoms with Crippen LogP contribution >= 0.6 is 0 Å². The highest BCUT2D eigenvalue weighted by Crippen LogP contribution is 2.29. The lowest BCUT2D eigenvalue weighted by Crippen LogP contribution is -2.56. The molecule has 1 aromatic heterocycles. The molecule has 5 nitrogen and oxygen atoms in total. The standard InChI is InChI=1S/C13H21N3O2S/c1-16(10-12-4-2-3-7-15-12)13(11-14)5-8-19(17,18)9-6-13/h2-4,7H,5-6,8-11,14H2,1H3. The molecule has 0 radical (unpaired) electrons. The third-order valence-electron chi connectivity index (χ3n) is 4.07. The maximum atomic E-state index is 11.6. The van der Waals surface area contributed by atoms with E-state index in [1.54, 1.807) is 6.20 Å². The zero-order valence-corrected chi connectivity index (χ0v) is 12.1. The minimum atomic E-state index is -2.87. The van der Waals surface area contributed by atoms with E-state index in [0.29, 0.717) is 25.9 Å². The topological polar surface area (TPSA) is 76.3 Å². The van der Waals surface area contributed by atoms with Crippen molar-refractivity contribution in [2.45, 2.75) is 24.9 Å². The molecule has 2 rings (SSSR count). The summed E-state index contributed by atoms with van der Waals surface area (Å²) in [5, 5.41) is 0. The van der Waals surface area contributed by atoms with Gasteiger partial charge in [0.25, 0.3) is 0 Å². The van der Waals surface area contributed by atoms with Gasteiger partial charge in [0.2, 0.25) is 0 Å². The van der Waals surface area contributed by atoms with Crippen molar-refractivity contribution in [3.05, 3.63) is 30.1 Å². The summed E-state index contributed by atoms with van der Waals surface area (Å²) in [4.78, 5) is 6.46. The lowest BCUT2D eigenvalue weighted by Gasteiger charge is -2.43. The lowest BCUT2D eigenvalue weighted by molar-refractivity contribution is 0.104. The molecule has 1 aromatic rings. The number of likely N-dealkylation sites (N-methyl/N-ethyl adjacent to an activating group) is 1. The van der Waals surface area contributed by atoms with Crippen molar-refractivity contribution >= 4 is 9.84 Å². The summed E-state index contributed by atoms with van der Waals surface area (Å²) in [5.41, 5.74) is 6.68. The number of rotatable bonds is 4. The van der Waals surface area contributed by atoms with Crippen LogP contribution < -0.4 is 5.73 Å². The summed E-state index contributed by atoms with van der Waals surface area (Å²) >= 11 is 0. The highest BCUT2D eigenvalue weighted by Gasteiger charge is 2.39. The van der Waals surface area contributed by atoms with Gasteiger partial charge in [0.1, 0.15) is 9.84 Å². The average molecular weight is 283 g/mol. The van der Waals surface area contributed by atoms with E-state index in [2.05, 4.69) is 9.88 Å². The van der Waals surface area contributed by atoms with Crippen LogP contribution in [0.1, 0.15) is 18.5 Å². The fourth-order valence-corrected chi connectivity index (χ4v) is 4.15. The fourth-order valence-electron chi connectivity index (χ4n) is 2.56. The van der Waals surface area contributed by atoms with Crippen LogP contribution in [0.2, 0.25) is 0 Å². The van der Waals surface area contributed by atoms with Crippen LogP contribution in [-0.4, -0.2) is 48.9 Å². The van der Waals surface area contributed by atoms with Crippen molar-refractivity contribution in [3.8, 4) is 0 Å². The highest BCUT2D eigenvalue weighted by molar-refractivity contribution is 7.91. The van der Waals surface area contributed by atoms with E-state index >= 15 is 0 Å². The molecular formula is C13H21N3O2S. The molecule has 1 fully saturated rings. The van der Waals surface area contributed by atoms with Crippen molar-refractivity contribution in [3.63, 3.8) is 0 Å². The van der Waals surface area contributed by atoms with Gasteiger partial charge >= 0.3 is 0 Å². The molecule has 0 saturated carbocycles. The molecule has 106 valence electrons. The van der Waals surface area contributed by atoms with E-state index in [9.17, 15) is 8.42 Å². The zero-order valence-electron chi connectivity index (χ0n) is 11.2. The van der Waals surface area contributed by atoms with E-state index in [1.165, 1.54) is 0 Å². The molecule has 0 atom stereocenters. The number of hydrogen-bond donors (Lipinski definition) is 1. The van der Waals surface area contributed by atoms with Gasteiger partial charge in [-0.25, -0.2) is 8.42 Å². The molecule has 1 aliphatic rings. The number of aromatic nitrogens is 1. The van der Waals surface area contributed by atoms with Gasteiger partial charge in [-0.1, -0.05) is 6.07 Å². The summed E-state index contributed by atoms with van der Waals surface area (Å²) in [6.07, 6.45) is 2.98. The van der Waals surface area contributed by atoms with Gasteiger partial charge in [-0.2, -0.15) is 0 Å². The molecule has 0 spiro atoms. The summed E-state index contributed by atoms with van der Waals surface area (Å²) in [6.45, 7) is 1.17. The van der Waals surface area contributed by atoms with E-state index in [0.717, 1.165) is 5.69 Å². The molecule has 0 aliphatic carbocycles. The van der Waals surface area contributed by atoms with Crippen LogP contribution in [0.5, 0.6) is 0 Å². The minimum Gasteiger partial charge on any atom is -0.329 e. The van der Waals surface area contributed by atoms with E-state index in [-0.39, 0.29) is 17.0 Å². The molecule has 1 aliphatic heterocycles. The zero-order chi connectivity index (χ0) is 13.9. The van der Waals surface area contributed by atoms with Gasteiger partial charge in [-0.3, -0.25) is 9.88 Å². The molecule has 1 saturated heterocycles. The maximum Gasteiger partial charge on any atom is 0.150 e. The Morgan fingerprint density at radius 2 is 2.05 bits per heavy atom. The fraction of sp³-hybridized carbons (Fsp3) is 0.615. The van der Waals surface area contributed by atoms with Crippen molar-refractivity contribution in [2.24, 2.45) is 5.73 Å². The van der Waals surface area contributed by atoms with Crippen LogP contribution in [0.25, 0.3) is 0 Å². The summed E-state index contributed by atoms with van der Waals surface area (Å²) in [7, 11) is -0.869. The third kappa shape index (κ3) is 3.32. The maximum absolute atomic E-state index is 11.6. The second kappa shape index (κ2) is 5.56. The average Bonchev–Trinajstić information content (AvgIpc) is 2.40. The Balaban J connectivity index is 2.09. The molecule has 19 heavy (non-hydrogen) atoms. The first-order valence-electron chi connectivity index (χ1n) is 6.49. The normalized spacial score (nSPS) is 21.4. The number of pyridine rings is 1. The third-order valence-corrected chi connectivity index (χ3v) is 5.72. The monoisotopic (exact) mass is 283 g/mol. The summed E-state index contributed by atoms with van der Waals surface area (Å²) < 4.78 is 23.1. The summed E-state index contributed by atoms with van der Waals surface area (Å²) in [5.74, 6) is 0.466. The van der Waals surface area contributed by atoms with Crippen molar-refractivity contribution < 1.29 is 8.42 Å². The van der Waals surface area contributed by atoms with Crippen molar-refractivity contribution in [2.75, 3.05) is 25.1 Å². The Labute approximate surface area is 114 Å². The minimum absolute atomic E-state index is 0.219. The predicted molar refractivity (Wildman–Crippen MR) is 75.4 cm³/mol. The van der Waals surface area contributed by atoms with Gasteiger partial charge < -0.3 is 5.73 Å². The molecule has 0 amide bonds. The molecule has 0 unspecified atom stereocenters. The number of nitrogens with zero attached hydrogens (tertiary/aromatic N) is 2. The van der Waals surface area contributed by atoms with E-state index < -0.39 is 9.84 Å². The number of hydrogen-bond acceptors (Lipinski definition) is 5. The van der Waals surface area contributed by atoms with E-state index in [1.807, 2.05) is 25.2 Å². The molecule has 2 heterocycles. The van der Waals surface area contributed by atoms with Crippen LogP contribution in [0.15, 0.2) is 24.4 Å². The van der Waals surface area contributed by atoms with Crippen LogP contribution in [-0.2, 0) is 16.4 Å². The number of nitrogens with two attached hydrogens (primary N) is 1. The first kappa shape index (κ1) is 14.4. The Morgan fingerprint density at radius 3 is 2.58 bits per heavy atom. The Morgan fingerprint density at radius 1 is 1.37 bits per heavy atom. The van der Waals surface area contributed by atoms with Crippen molar-refractivity contribution in [1.82, 2.24) is 9.88 Å². The predicted octanol–water partition coefficient (Wildman–Crippen LogP) is 0.419. The molecular weight excluding hydrogens is 262 g/mol. The molecule has 0 aromatic carbocycles. The van der Waals surface area contributed by atoms with Crippen LogP contribution in [0.3, 0.4) is 0 Å². The molecule has 2 N–H and O–H groups in total. The lowest BCUT2D eigenvalue weighted by atomic mass is 9.90. The second-order valence-corrected chi connectivity index (χ2v) is 7.56. The number of sulfone groups is 1. The van der Waals surface area contributed by atoms with E-state index in [4.69, 9.17) is 5.73 Å². The molecule has 0 bridgehead atoms. The summed E-state index contributed by atoms with van der Waals surface area (Å²) in [6, 6.07) is 5.81. The quantitative estimate of drug-likeness (QED) is 0.866. The van der Waals surface area contributed by atoms with Crippen molar-refractivity contribution in [1.29, 1.82) is 0 Å². The Kier molecular flexibility index (Phi) is 4.23. The highest BCUT2D eigenvalue weighted by atomic mass is 32.2. The first-order chi connectivity index (χ1) is 8.97. The second-order valence-electron chi connectivity index (χ2n) is 5.26. The smallest absolute Gasteiger partial charge is 0.150 e. The van der Waals surface area contributed by atoms with Gasteiger partial charge in [0.05, 0.1) is 17.2 Å². The van der Waals surface area contributed by atoms with Gasteiger partial charge in [-0.05, 0) is 32.0 Å². The van der Waals surface area contributed by atoms with Gasteiger partial charge in [0, 0.05) is 24.8 Å². The van der Waals surface area contributed by atoms with Crippen LogP contribution in [0.4, 0.5) is 0 Å². The SMILES string of the molecule is CN(Cc1ccccn1)C1(CN)CCS(=O)(=O)CC1. The van der Waals surface area contributed by atoms with Gasteiger partial charge in [-0.15, -0.1) is 0 Å². The van der Waals surface area contributed by atoms with Gasteiger partial charge in [0.15, 0.2) is 0 Å². The Bertz CT molecular complexity index is 502. The van der Waals surface area contributed by atoms with Crippen LogP contribution in [0, 0.1) is 0 Å². The molecule has 6 heteroatoms. The first-order valence-corrected chi connectivity index (χ1v) is 8.31.